The monoisotopic (exact) mass is 348 g/mol. The number of aryl methyl sites for hydroxylation is 1. The Balaban J connectivity index is 2.11. The Labute approximate surface area is 133 Å². The van der Waals surface area contributed by atoms with Gasteiger partial charge in [0.1, 0.15) is 5.69 Å². The first-order chi connectivity index (χ1) is 10.8. The number of aromatic nitrogens is 2. The van der Waals surface area contributed by atoms with E-state index in [0.29, 0.717) is 25.5 Å². The Morgan fingerprint density at radius 3 is 2.70 bits per heavy atom. The topological polar surface area (TPSA) is 83.8 Å². The quantitative estimate of drug-likeness (QED) is 0.469. The van der Waals surface area contributed by atoms with Crippen LogP contribution in [0.4, 0.5) is 24.5 Å². The van der Waals surface area contributed by atoms with Gasteiger partial charge in [-0.15, -0.1) is 0 Å². The largest absolute Gasteiger partial charge is 0.418 e. The van der Waals surface area contributed by atoms with E-state index in [1.165, 1.54) is 0 Å². The van der Waals surface area contributed by atoms with Crippen molar-refractivity contribution in [3.63, 3.8) is 0 Å². The summed E-state index contributed by atoms with van der Waals surface area (Å²) < 4.78 is 38.3. The summed E-state index contributed by atoms with van der Waals surface area (Å²) in [5, 5.41) is 19.7. The van der Waals surface area contributed by atoms with Crippen molar-refractivity contribution in [2.75, 3.05) is 11.9 Å². The van der Waals surface area contributed by atoms with Gasteiger partial charge in [-0.05, 0) is 25.0 Å². The number of hydrogen-bond acceptors (Lipinski definition) is 4. The molecule has 0 aliphatic heterocycles. The molecule has 1 aromatic carbocycles. The molecule has 2 N–H and O–H groups in total. The Bertz CT molecular complexity index is 689. The van der Waals surface area contributed by atoms with Crippen LogP contribution in [0.25, 0.3) is 0 Å². The van der Waals surface area contributed by atoms with Crippen LogP contribution in [0.1, 0.15) is 17.7 Å². The molecule has 0 saturated heterocycles. The first-order valence-electron chi connectivity index (χ1n) is 6.56. The summed E-state index contributed by atoms with van der Waals surface area (Å²) in [5.74, 6) is 0. The lowest BCUT2D eigenvalue weighted by Gasteiger charge is -2.12. The molecule has 2 aromatic rings. The van der Waals surface area contributed by atoms with Crippen LogP contribution >= 0.6 is 11.6 Å². The van der Waals surface area contributed by atoms with Gasteiger partial charge < -0.3 is 5.32 Å². The van der Waals surface area contributed by atoms with E-state index in [1.807, 2.05) is 0 Å². The number of anilines is 1. The maximum atomic E-state index is 12.8. The summed E-state index contributed by atoms with van der Waals surface area (Å²) in [5.41, 5.74) is -1.04. The number of benzene rings is 1. The molecular formula is C13H12ClF3N4O2. The average molecular weight is 349 g/mol. The van der Waals surface area contributed by atoms with Crippen molar-refractivity contribution in [2.24, 2.45) is 0 Å². The fourth-order valence-electron chi connectivity index (χ4n) is 2.00. The zero-order chi connectivity index (χ0) is 17.0. The third-order valence-electron chi connectivity index (χ3n) is 3.08. The van der Waals surface area contributed by atoms with E-state index in [2.05, 4.69) is 15.5 Å². The highest BCUT2D eigenvalue weighted by molar-refractivity contribution is 6.31. The van der Waals surface area contributed by atoms with E-state index >= 15 is 0 Å². The van der Waals surface area contributed by atoms with Gasteiger partial charge in [0.05, 0.1) is 15.5 Å². The Morgan fingerprint density at radius 1 is 1.39 bits per heavy atom. The molecule has 1 heterocycles. The molecule has 0 radical (unpaired) electrons. The number of aromatic amines is 1. The van der Waals surface area contributed by atoms with Crippen LogP contribution in [0, 0.1) is 10.1 Å². The molecule has 0 spiro atoms. The molecule has 2 rings (SSSR count). The highest BCUT2D eigenvalue weighted by atomic mass is 35.5. The van der Waals surface area contributed by atoms with Crippen LogP contribution in [0.15, 0.2) is 24.4 Å². The zero-order valence-corrected chi connectivity index (χ0v) is 12.4. The SMILES string of the molecule is O=[N+]([O-])c1cc(C(F)(F)F)c(Cl)cc1NCCCc1ccn[nH]1. The Morgan fingerprint density at radius 2 is 2.13 bits per heavy atom. The maximum Gasteiger partial charge on any atom is 0.418 e. The molecule has 124 valence electrons. The van der Waals surface area contributed by atoms with Gasteiger partial charge in [0.2, 0.25) is 0 Å². The molecule has 0 fully saturated rings. The van der Waals surface area contributed by atoms with Crippen LogP contribution in [-0.4, -0.2) is 21.7 Å². The fraction of sp³-hybridized carbons (Fsp3) is 0.308. The van der Waals surface area contributed by atoms with Crippen molar-refractivity contribution in [3.8, 4) is 0 Å². The van der Waals surface area contributed by atoms with E-state index in [9.17, 15) is 23.3 Å². The highest BCUT2D eigenvalue weighted by Gasteiger charge is 2.36. The Kier molecular flexibility index (Phi) is 5.09. The van der Waals surface area contributed by atoms with Crippen molar-refractivity contribution in [1.82, 2.24) is 10.2 Å². The summed E-state index contributed by atoms with van der Waals surface area (Å²) in [6.45, 7) is 0.335. The molecule has 0 amide bonds. The molecule has 6 nitrogen and oxygen atoms in total. The smallest absolute Gasteiger partial charge is 0.379 e. The lowest BCUT2D eigenvalue weighted by molar-refractivity contribution is -0.384. The third-order valence-corrected chi connectivity index (χ3v) is 3.40. The van der Waals surface area contributed by atoms with Crippen molar-refractivity contribution < 1.29 is 18.1 Å². The van der Waals surface area contributed by atoms with Crippen LogP contribution in [0.3, 0.4) is 0 Å². The molecule has 10 heteroatoms. The minimum Gasteiger partial charge on any atom is -0.379 e. The first-order valence-corrected chi connectivity index (χ1v) is 6.94. The lowest BCUT2D eigenvalue weighted by Crippen LogP contribution is -2.10. The number of rotatable bonds is 6. The predicted molar refractivity (Wildman–Crippen MR) is 78.5 cm³/mol. The van der Waals surface area contributed by atoms with E-state index in [1.54, 1.807) is 12.3 Å². The molecule has 0 saturated carbocycles. The summed E-state index contributed by atoms with van der Waals surface area (Å²) in [4.78, 5) is 10.1. The van der Waals surface area contributed by atoms with Gasteiger partial charge in [-0.2, -0.15) is 18.3 Å². The van der Waals surface area contributed by atoms with Crippen LogP contribution in [0.2, 0.25) is 5.02 Å². The molecule has 23 heavy (non-hydrogen) atoms. The maximum absolute atomic E-state index is 12.8. The van der Waals surface area contributed by atoms with E-state index in [4.69, 9.17) is 11.6 Å². The van der Waals surface area contributed by atoms with Crippen molar-refractivity contribution in [1.29, 1.82) is 0 Å². The predicted octanol–water partition coefficient (Wildman–Crippen LogP) is 4.03. The third kappa shape index (κ3) is 4.35. The van der Waals surface area contributed by atoms with E-state index in [0.717, 1.165) is 11.8 Å². The van der Waals surface area contributed by atoms with Gasteiger partial charge in [0, 0.05) is 24.5 Å². The van der Waals surface area contributed by atoms with Crippen LogP contribution < -0.4 is 5.32 Å². The first kappa shape index (κ1) is 17.1. The molecule has 0 atom stereocenters. The standard InChI is InChI=1S/C13H12ClF3N4O2/c14-10-7-11(18-4-1-2-8-3-5-19-20-8)12(21(22)23)6-9(10)13(15,16)17/h3,5-7,18H,1-2,4H2,(H,19,20). The highest BCUT2D eigenvalue weighted by Crippen LogP contribution is 2.40. The van der Waals surface area contributed by atoms with Gasteiger partial charge in [-0.3, -0.25) is 15.2 Å². The number of hydrogen-bond donors (Lipinski definition) is 2. The summed E-state index contributed by atoms with van der Waals surface area (Å²) >= 11 is 5.59. The molecule has 0 bridgehead atoms. The second-order valence-corrected chi connectivity index (χ2v) is 5.12. The summed E-state index contributed by atoms with van der Waals surface area (Å²) in [7, 11) is 0. The van der Waals surface area contributed by atoms with Gasteiger partial charge in [0.25, 0.3) is 5.69 Å². The number of nitrogens with zero attached hydrogens (tertiary/aromatic N) is 2. The van der Waals surface area contributed by atoms with Crippen LogP contribution in [-0.2, 0) is 12.6 Å². The average Bonchev–Trinajstić information content (AvgIpc) is 2.95. The van der Waals surface area contributed by atoms with Crippen LogP contribution in [0.5, 0.6) is 0 Å². The van der Waals surface area contributed by atoms with Crippen molar-refractivity contribution in [3.05, 3.63) is 50.8 Å². The minimum atomic E-state index is -4.75. The molecule has 1 aromatic heterocycles. The van der Waals surface area contributed by atoms with Crippen molar-refractivity contribution in [2.45, 2.75) is 19.0 Å². The second-order valence-electron chi connectivity index (χ2n) is 4.72. The molecule has 0 unspecified atom stereocenters. The molecule has 0 aliphatic rings. The lowest BCUT2D eigenvalue weighted by atomic mass is 10.1. The van der Waals surface area contributed by atoms with Gasteiger partial charge in [-0.25, -0.2) is 0 Å². The number of nitro benzene ring substituents is 1. The number of halogens is 4. The summed E-state index contributed by atoms with van der Waals surface area (Å²) in [6.07, 6.45) is -1.89. The van der Waals surface area contributed by atoms with E-state index in [-0.39, 0.29) is 5.69 Å². The second kappa shape index (κ2) is 6.86. The Hall–Kier alpha value is -2.29. The van der Waals surface area contributed by atoms with E-state index < -0.39 is 27.4 Å². The number of nitro groups is 1. The fourth-order valence-corrected chi connectivity index (χ4v) is 2.27. The summed E-state index contributed by atoms with van der Waals surface area (Å²) in [6, 6.07) is 3.16. The van der Waals surface area contributed by atoms with Gasteiger partial charge in [-0.1, -0.05) is 11.6 Å². The molecule has 0 aliphatic carbocycles. The van der Waals surface area contributed by atoms with Crippen molar-refractivity contribution >= 4 is 23.0 Å². The van der Waals surface area contributed by atoms with Gasteiger partial charge in [0.15, 0.2) is 0 Å². The zero-order valence-electron chi connectivity index (χ0n) is 11.7. The number of H-pyrrole nitrogens is 1. The normalized spacial score (nSPS) is 11.5. The molecular weight excluding hydrogens is 337 g/mol. The number of alkyl halides is 3. The minimum absolute atomic E-state index is 0.0439. The van der Waals surface area contributed by atoms with Gasteiger partial charge >= 0.3 is 6.18 Å². The number of nitrogens with one attached hydrogen (secondary N) is 2.